The zero-order chi connectivity index (χ0) is 73.2. The highest BCUT2D eigenvalue weighted by atomic mass is 32.2. The van der Waals surface area contributed by atoms with Crippen molar-refractivity contribution in [3.63, 3.8) is 0 Å². The van der Waals surface area contributed by atoms with Gasteiger partial charge in [-0.15, -0.1) is 0 Å². The minimum absolute atomic E-state index is 0.0580. The zero-order valence-electron chi connectivity index (χ0n) is 57.0. The Bertz CT molecular complexity index is 5180. The molecule has 103 heavy (non-hydrogen) atoms. The number of hydrogen-bond acceptors (Lipinski definition) is 21. The number of nitrogen functional groups attached to an aromatic ring is 2. The summed E-state index contributed by atoms with van der Waals surface area (Å²) in [5.41, 5.74) is 28.4. The van der Waals surface area contributed by atoms with E-state index in [4.69, 9.17) is 26.7 Å². The van der Waals surface area contributed by atoms with E-state index in [1.165, 1.54) is 49.3 Å². The molecule has 1 unspecified atom stereocenters. The number of allylic oxidation sites excluding steroid dienone is 6. The van der Waals surface area contributed by atoms with E-state index in [-0.39, 0.29) is 65.5 Å². The summed E-state index contributed by atoms with van der Waals surface area (Å²) < 4.78 is 82.1. The molecular formula is C72H77N18O11S2+. The Balaban J connectivity index is 0.000000294. The molecule has 0 fully saturated rings. The summed E-state index contributed by atoms with van der Waals surface area (Å²) in [4.78, 5) is 79.1. The number of fused-ring (bicyclic) bond motifs is 4. The summed E-state index contributed by atoms with van der Waals surface area (Å²) in [5.74, 6) is 0.0924. The Kier molecular flexibility index (Phi) is 21.9. The molecule has 12 rings (SSSR count). The van der Waals surface area contributed by atoms with Crippen LogP contribution in [-0.4, -0.2) is 117 Å². The lowest BCUT2D eigenvalue weighted by atomic mass is 9.77. The molecule has 3 amide bonds. The number of anilines is 3. The summed E-state index contributed by atoms with van der Waals surface area (Å²) in [6, 6.07) is 31.2. The highest BCUT2D eigenvalue weighted by molar-refractivity contribution is 7.86. The van der Waals surface area contributed by atoms with E-state index in [9.17, 15) is 40.3 Å². The third-order valence-electron chi connectivity index (χ3n) is 17.7. The highest BCUT2D eigenvalue weighted by Gasteiger charge is 2.45. The number of aromatic amines is 2. The molecule has 8 heterocycles. The Labute approximate surface area is 593 Å². The van der Waals surface area contributed by atoms with E-state index in [0.717, 1.165) is 56.3 Å². The lowest BCUT2D eigenvalue weighted by Crippen LogP contribution is -2.29. The number of carbonyl (C=O) groups excluding carboxylic acids is 3. The van der Waals surface area contributed by atoms with Crippen LogP contribution in [0.3, 0.4) is 0 Å². The summed E-state index contributed by atoms with van der Waals surface area (Å²) >= 11 is 0. The van der Waals surface area contributed by atoms with Crippen LogP contribution in [0, 0.1) is 0 Å². The van der Waals surface area contributed by atoms with E-state index in [1.807, 2.05) is 114 Å². The van der Waals surface area contributed by atoms with Gasteiger partial charge in [0.15, 0.2) is 17.0 Å². The predicted octanol–water partition coefficient (Wildman–Crippen LogP) is 8.31. The minimum Gasteiger partial charge on any atom is -0.471 e. The molecule has 29 nitrogen and oxygen atoms in total. The van der Waals surface area contributed by atoms with Crippen LogP contribution in [0.4, 0.5) is 23.3 Å². The monoisotopic (exact) mass is 1430 g/mol. The van der Waals surface area contributed by atoms with Crippen LogP contribution in [0.2, 0.25) is 0 Å². The first-order chi connectivity index (χ1) is 49.3. The second-order valence-electron chi connectivity index (χ2n) is 24.9. The van der Waals surface area contributed by atoms with Gasteiger partial charge in [-0.2, -0.15) is 41.3 Å². The molecule has 0 aliphatic carbocycles. The molecule has 4 aromatic carbocycles. The van der Waals surface area contributed by atoms with E-state index in [1.54, 1.807) is 36.4 Å². The SMILES string of the molecule is CCN1/C(=C/C=C/C=C/C2=[N+](CC)c3ccc(S(=O)(=O)O)cc3C2(C)C)C(C)(CCCC(=O)NCc2ccc(C(=O)NCc3ccc(COc4nc(N)nc5nc[nH]c45)cc3)cn2)c2cc(S(=O)(=O)O)ccc21.NCc1ccc(C(=O)NCc2ccc(COc3nc(N)nc4nc[nH]c34)cc2)cn1. The van der Waals surface area contributed by atoms with Gasteiger partial charge in [-0.3, -0.25) is 33.5 Å². The smallest absolute Gasteiger partial charge is 0.294 e. The van der Waals surface area contributed by atoms with Crippen molar-refractivity contribution in [2.75, 3.05) is 29.5 Å². The van der Waals surface area contributed by atoms with Crippen LogP contribution in [0.25, 0.3) is 22.3 Å². The highest BCUT2D eigenvalue weighted by Crippen LogP contribution is 2.51. The van der Waals surface area contributed by atoms with Gasteiger partial charge >= 0.3 is 0 Å². The predicted molar refractivity (Wildman–Crippen MR) is 386 cm³/mol. The number of benzene rings is 4. The van der Waals surface area contributed by atoms with Gasteiger partial charge in [-0.05, 0) is 136 Å². The fourth-order valence-corrected chi connectivity index (χ4v) is 13.3. The first-order valence-corrected chi connectivity index (χ1v) is 35.7. The number of imidazole rings is 2. The minimum atomic E-state index is -4.51. The fraction of sp³-hybridized carbons (Fsp3) is 0.250. The van der Waals surface area contributed by atoms with Gasteiger partial charge < -0.3 is 57.5 Å². The molecular weight excluding hydrogens is 1360 g/mol. The van der Waals surface area contributed by atoms with Gasteiger partial charge in [0.05, 0.1) is 56.9 Å². The molecule has 2 aliphatic rings. The second-order valence-corrected chi connectivity index (χ2v) is 27.7. The first kappa shape index (κ1) is 72.6. The Hall–Kier alpha value is -11.6. The number of aromatic nitrogens is 10. The number of hydrogen-bond donors (Lipinski definition) is 10. The fourth-order valence-electron chi connectivity index (χ4n) is 12.3. The van der Waals surface area contributed by atoms with Crippen molar-refractivity contribution >= 4 is 89.3 Å². The number of nitrogens with zero attached hydrogens (tertiary/aromatic N) is 10. The number of amides is 3. The van der Waals surface area contributed by atoms with Crippen LogP contribution < -0.4 is 47.5 Å². The van der Waals surface area contributed by atoms with E-state index >= 15 is 0 Å². The summed E-state index contributed by atoms with van der Waals surface area (Å²) in [7, 11) is -8.90. The van der Waals surface area contributed by atoms with Gasteiger partial charge in [0, 0.05) is 79.5 Å². The molecule has 0 spiro atoms. The molecule has 1 atom stereocenters. The second kappa shape index (κ2) is 31.1. The van der Waals surface area contributed by atoms with Crippen molar-refractivity contribution in [3.05, 3.63) is 226 Å². The molecule has 0 bridgehead atoms. The van der Waals surface area contributed by atoms with Crippen molar-refractivity contribution in [2.45, 2.75) is 114 Å². The normalized spacial score (nSPS) is 15.2. The van der Waals surface area contributed by atoms with Gasteiger partial charge in [0.1, 0.15) is 30.8 Å². The quantitative estimate of drug-likeness (QED) is 0.0138. The molecule has 2 aliphatic heterocycles. The summed E-state index contributed by atoms with van der Waals surface area (Å²) in [6.07, 6.45) is 16.7. The van der Waals surface area contributed by atoms with Gasteiger partial charge in [0.25, 0.3) is 32.1 Å². The molecule has 13 N–H and O–H groups in total. The van der Waals surface area contributed by atoms with Gasteiger partial charge in [-0.25, -0.2) is 9.97 Å². The Morgan fingerprint density at radius 1 is 0.621 bits per heavy atom. The third-order valence-corrected chi connectivity index (χ3v) is 19.4. The van der Waals surface area contributed by atoms with E-state index < -0.39 is 31.1 Å². The first-order valence-electron chi connectivity index (χ1n) is 32.8. The Morgan fingerprint density at radius 2 is 1.15 bits per heavy atom. The maximum absolute atomic E-state index is 13.2. The molecule has 6 aromatic heterocycles. The maximum atomic E-state index is 13.2. The maximum Gasteiger partial charge on any atom is 0.294 e. The van der Waals surface area contributed by atoms with Gasteiger partial charge in [0.2, 0.25) is 35.3 Å². The van der Waals surface area contributed by atoms with Crippen molar-refractivity contribution < 1.29 is 54.4 Å². The topological polar surface area (TPSA) is 434 Å². The van der Waals surface area contributed by atoms with Crippen LogP contribution >= 0.6 is 0 Å². The molecule has 10 aromatic rings. The molecule has 0 radical (unpaired) electrons. The van der Waals surface area contributed by atoms with Crippen molar-refractivity contribution in [1.29, 1.82) is 0 Å². The van der Waals surface area contributed by atoms with Crippen LogP contribution in [0.1, 0.15) is 119 Å². The number of carbonyl (C=O) groups is 3. The largest absolute Gasteiger partial charge is 0.471 e. The van der Waals surface area contributed by atoms with Crippen LogP contribution in [0.15, 0.2) is 180 Å². The van der Waals surface area contributed by atoms with Crippen LogP contribution in [-0.2, 0) is 75.3 Å². The molecule has 0 saturated carbocycles. The number of nitrogens with two attached hydrogens (primary N) is 3. The molecule has 532 valence electrons. The third kappa shape index (κ3) is 16.9. The number of likely N-dealkylation sites (N-methyl/N-ethyl adjacent to an activating group) is 1. The summed E-state index contributed by atoms with van der Waals surface area (Å²) in [5, 5.41) is 8.69. The van der Waals surface area contributed by atoms with Crippen molar-refractivity contribution in [2.24, 2.45) is 5.73 Å². The Morgan fingerprint density at radius 3 is 1.65 bits per heavy atom. The number of pyridine rings is 2. The number of H-pyrrole nitrogens is 2. The average Bonchev–Trinajstić information content (AvgIpc) is 1.59. The van der Waals surface area contributed by atoms with E-state index in [0.29, 0.717) is 102 Å². The van der Waals surface area contributed by atoms with Crippen molar-refractivity contribution in [3.8, 4) is 11.8 Å². The number of nitrogens with one attached hydrogen (secondary N) is 5. The van der Waals surface area contributed by atoms with Crippen molar-refractivity contribution in [1.82, 2.24) is 65.8 Å². The number of rotatable bonds is 26. The lowest BCUT2D eigenvalue weighted by Gasteiger charge is -2.30. The zero-order valence-corrected chi connectivity index (χ0v) is 58.6. The van der Waals surface area contributed by atoms with E-state index in [2.05, 4.69) is 75.3 Å². The summed E-state index contributed by atoms with van der Waals surface area (Å²) in [6.45, 7) is 12.9. The lowest BCUT2D eigenvalue weighted by molar-refractivity contribution is -0.433. The van der Waals surface area contributed by atoms with Crippen LogP contribution in [0.5, 0.6) is 11.8 Å². The molecule has 31 heteroatoms. The number of ether oxygens (including phenoxy) is 2. The van der Waals surface area contributed by atoms with Gasteiger partial charge in [-0.1, -0.05) is 66.8 Å². The standard InChI is InChI=1S/C52H56N10O9S2.C20H20N8O2/c1-6-61-41-23-21-37(72(65,66)67)26-39(41)51(3,4)43(61)12-9-8-10-13-44-52(5,40-27-38(73(68,69)70)22-24-42(40)62(44)7-2)25-11-14-45(63)55-30-36-20-19-35(29-54-36)48(64)56-28-33-15-17-34(18-16-33)31-71-49-46-47(58-32-57-46)59-50(53)60-49;21-7-15-6-5-14(9-23-15)18(29)24-8-12-1-3-13(4-2-12)10-30-19-16-17(26-11-25-16)27-20(22)28-19/h8-10,12-13,15-24,26-27,29,32H,6-7,11,14,25,28,30-31H2,1-5H3,(H6-,53,55,56,57,58,59,60,63,64,65,66,67,68,69,70);1-6,9,11H,7-8,10,21H2,(H,24,29)(H3,22,25,26,27,28)/p+1. The molecule has 0 saturated heterocycles. The average molecular weight is 1430 g/mol.